The summed E-state index contributed by atoms with van der Waals surface area (Å²) in [7, 11) is 1.71. The largest absolute Gasteiger partial charge is 0.457 e. The van der Waals surface area contributed by atoms with Crippen LogP contribution >= 0.6 is 0 Å². The zero-order valence-electron chi connectivity index (χ0n) is 9.79. The van der Waals surface area contributed by atoms with E-state index in [1.807, 2.05) is 6.07 Å². The summed E-state index contributed by atoms with van der Waals surface area (Å²) in [5, 5.41) is 3.88. The van der Waals surface area contributed by atoms with Crippen LogP contribution in [0.1, 0.15) is 16.1 Å². The average Bonchev–Trinajstić information content (AvgIpc) is 2.91. The molecule has 1 heterocycles. The van der Waals surface area contributed by atoms with Crippen LogP contribution in [0.15, 0.2) is 52.2 Å². The minimum Gasteiger partial charge on any atom is -0.457 e. The maximum absolute atomic E-state index is 11.6. The van der Waals surface area contributed by atoms with Crippen LogP contribution in [0.3, 0.4) is 0 Å². The first kappa shape index (κ1) is 11.9. The second-order valence-corrected chi connectivity index (χ2v) is 3.42. The molecule has 0 saturated heterocycles. The molecule has 0 aliphatic heterocycles. The Kier molecular flexibility index (Phi) is 3.76. The van der Waals surface area contributed by atoms with E-state index < -0.39 is 5.97 Å². The van der Waals surface area contributed by atoms with E-state index >= 15 is 0 Å². The molecule has 0 unspecified atom stereocenters. The van der Waals surface area contributed by atoms with Gasteiger partial charge in [-0.2, -0.15) is 5.10 Å². The number of rotatable bonds is 4. The Bertz CT molecular complexity index is 547. The highest BCUT2D eigenvalue weighted by molar-refractivity contribution is 5.88. The standard InChI is InChI=1S/C13H12N2O3/c1-14-15-9-10-4-2-5-11(8-10)18-13(16)12-6-3-7-17-12/h2-9,14H,1H3. The number of nitrogens with zero attached hydrogens (tertiary/aromatic N) is 1. The van der Waals surface area contributed by atoms with Gasteiger partial charge in [-0.05, 0) is 29.8 Å². The molecule has 2 aromatic rings. The number of ether oxygens (including phenoxy) is 1. The van der Waals surface area contributed by atoms with Gasteiger partial charge in [0.15, 0.2) is 0 Å². The SMILES string of the molecule is CNN=Cc1cccc(OC(=O)c2ccco2)c1. The summed E-state index contributed by atoms with van der Waals surface area (Å²) in [5.74, 6) is 0.0865. The Morgan fingerprint density at radius 2 is 2.28 bits per heavy atom. The number of benzene rings is 1. The fraction of sp³-hybridized carbons (Fsp3) is 0.0769. The van der Waals surface area contributed by atoms with Crippen molar-refractivity contribution in [3.05, 3.63) is 54.0 Å². The number of hydrogen-bond acceptors (Lipinski definition) is 5. The molecule has 5 nitrogen and oxygen atoms in total. The minimum absolute atomic E-state index is 0.171. The third kappa shape index (κ3) is 2.98. The van der Waals surface area contributed by atoms with Crippen LogP contribution in [-0.2, 0) is 0 Å². The predicted octanol–water partition coefficient (Wildman–Crippen LogP) is 2.05. The first-order valence-electron chi connectivity index (χ1n) is 5.35. The molecular weight excluding hydrogens is 232 g/mol. The molecule has 0 aliphatic rings. The zero-order valence-corrected chi connectivity index (χ0v) is 9.79. The molecule has 5 heteroatoms. The van der Waals surface area contributed by atoms with Crippen molar-refractivity contribution >= 4 is 12.2 Å². The summed E-state index contributed by atoms with van der Waals surface area (Å²) in [4.78, 5) is 11.6. The number of hydrogen-bond donors (Lipinski definition) is 1. The van der Waals surface area contributed by atoms with Crippen LogP contribution < -0.4 is 10.2 Å². The third-order valence-corrected chi connectivity index (χ3v) is 2.13. The van der Waals surface area contributed by atoms with Gasteiger partial charge < -0.3 is 14.6 Å². The Balaban J connectivity index is 2.10. The maximum atomic E-state index is 11.6. The van der Waals surface area contributed by atoms with Gasteiger partial charge in [-0.3, -0.25) is 0 Å². The Morgan fingerprint density at radius 3 is 3.00 bits per heavy atom. The van der Waals surface area contributed by atoms with E-state index in [1.54, 1.807) is 43.6 Å². The van der Waals surface area contributed by atoms with Gasteiger partial charge in [-0.1, -0.05) is 12.1 Å². The second kappa shape index (κ2) is 5.67. The first-order valence-corrected chi connectivity index (χ1v) is 5.35. The van der Waals surface area contributed by atoms with Crippen molar-refractivity contribution < 1.29 is 13.9 Å². The quantitative estimate of drug-likeness (QED) is 0.387. The normalized spacial score (nSPS) is 10.5. The molecule has 1 N–H and O–H groups in total. The number of furan rings is 1. The van der Waals surface area contributed by atoms with Crippen LogP contribution in [0.2, 0.25) is 0 Å². The molecule has 0 bridgehead atoms. The highest BCUT2D eigenvalue weighted by Crippen LogP contribution is 2.14. The molecule has 0 radical (unpaired) electrons. The molecule has 0 spiro atoms. The summed E-state index contributed by atoms with van der Waals surface area (Å²) in [5.41, 5.74) is 3.47. The fourth-order valence-electron chi connectivity index (χ4n) is 1.35. The molecule has 1 aromatic carbocycles. The third-order valence-electron chi connectivity index (χ3n) is 2.13. The van der Waals surface area contributed by atoms with Crippen LogP contribution in [0.4, 0.5) is 0 Å². The molecule has 0 atom stereocenters. The van der Waals surface area contributed by atoms with Gasteiger partial charge in [0.25, 0.3) is 0 Å². The summed E-state index contributed by atoms with van der Waals surface area (Å²) in [6.07, 6.45) is 3.05. The van der Waals surface area contributed by atoms with Gasteiger partial charge in [0.05, 0.1) is 12.5 Å². The van der Waals surface area contributed by atoms with Crippen molar-refractivity contribution in [1.82, 2.24) is 5.43 Å². The number of carbonyl (C=O) groups is 1. The van der Waals surface area contributed by atoms with Gasteiger partial charge in [0, 0.05) is 7.05 Å². The Morgan fingerprint density at radius 1 is 1.39 bits per heavy atom. The molecular formula is C13H12N2O3. The van der Waals surface area contributed by atoms with Crippen LogP contribution in [0.5, 0.6) is 5.75 Å². The van der Waals surface area contributed by atoms with Gasteiger partial charge >= 0.3 is 5.97 Å². The van der Waals surface area contributed by atoms with Gasteiger partial charge in [-0.25, -0.2) is 4.79 Å². The van der Waals surface area contributed by atoms with Crippen molar-refractivity contribution in [1.29, 1.82) is 0 Å². The molecule has 0 fully saturated rings. The van der Waals surface area contributed by atoms with Crippen molar-refractivity contribution in [3.63, 3.8) is 0 Å². The molecule has 0 saturated carbocycles. The summed E-state index contributed by atoms with van der Waals surface area (Å²) in [6, 6.07) is 10.2. The van der Waals surface area contributed by atoms with E-state index in [1.165, 1.54) is 6.26 Å². The molecule has 92 valence electrons. The van der Waals surface area contributed by atoms with E-state index in [-0.39, 0.29) is 5.76 Å². The lowest BCUT2D eigenvalue weighted by molar-refractivity contribution is 0.0701. The number of hydrazone groups is 1. The van der Waals surface area contributed by atoms with Crippen molar-refractivity contribution in [2.75, 3.05) is 7.05 Å². The smallest absolute Gasteiger partial charge is 0.379 e. The van der Waals surface area contributed by atoms with E-state index in [9.17, 15) is 4.79 Å². The molecule has 1 aromatic heterocycles. The van der Waals surface area contributed by atoms with Gasteiger partial charge in [-0.15, -0.1) is 0 Å². The molecule has 0 aliphatic carbocycles. The minimum atomic E-state index is -0.525. The van der Waals surface area contributed by atoms with Gasteiger partial charge in [0.2, 0.25) is 5.76 Å². The highest BCUT2D eigenvalue weighted by atomic mass is 16.5. The van der Waals surface area contributed by atoms with Crippen molar-refractivity contribution in [2.45, 2.75) is 0 Å². The lowest BCUT2D eigenvalue weighted by atomic mass is 10.2. The maximum Gasteiger partial charge on any atom is 0.379 e. The first-order chi connectivity index (χ1) is 8.79. The van der Waals surface area contributed by atoms with E-state index in [0.29, 0.717) is 5.75 Å². The Hall–Kier alpha value is -2.56. The molecule has 0 amide bonds. The predicted molar refractivity (Wildman–Crippen MR) is 66.8 cm³/mol. The van der Waals surface area contributed by atoms with E-state index in [2.05, 4.69) is 10.5 Å². The molecule has 2 rings (SSSR count). The molecule has 18 heavy (non-hydrogen) atoms. The summed E-state index contributed by atoms with van der Waals surface area (Å²) in [6.45, 7) is 0. The second-order valence-electron chi connectivity index (χ2n) is 3.42. The van der Waals surface area contributed by atoms with Crippen molar-refractivity contribution in [2.24, 2.45) is 5.10 Å². The van der Waals surface area contributed by atoms with E-state index in [4.69, 9.17) is 9.15 Å². The van der Waals surface area contributed by atoms with Crippen LogP contribution in [-0.4, -0.2) is 19.2 Å². The number of esters is 1. The van der Waals surface area contributed by atoms with Gasteiger partial charge in [0.1, 0.15) is 5.75 Å². The zero-order chi connectivity index (χ0) is 12.8. The monoisotopic (exact) mass is 244 g/mol. The lowest BCUT2D eigenvalue weighted by Gasteiger charge is -2.02. The van der Waals surface area contributed by atoms with Crippen LogP contribution in [0, 0.1) is 0 Å². The summed E-state index contributed by atoms with van der Waals surface area (Å²) < 4.78 is 10.1. The number of nitrogens with one attached hydrogen (secondary N) is 1. The summed E-state index contributed by atoms with van der Waals surface area (Å²) >= 11 is 0. The van der Waals surface area contributed by atoms with Crippen molar-refractivity contribution in [3.8, 4) is 5.75 Å². The highest BCUT2D eigenvalue weighted by Gasteiger charge is 2.11. The average molecular weight is 244 g/mol. The fourth-order valence-corrected chi connectivity index (χ4v) is 1.35. The van der Waals surface area contributed by atoms with Crippen LogP contribution in [0.25, 0.3) is 0 Å². The lowest BCUT2D eigenvalue weighted by Crippen LogP contribution is -2.07. The topological polar surface area (TPSA) is 63.8 Å². The Labute approximate surface area is 104 Å². The number of carbonyl (C=O) groups excluding carboxylic acids is 1. The van der Waals surface area contributed by atoms with E-state index in [0.717, 1.165) is 5.56 Å².